The van der Waals surface area contributed by atoms with Crippen LogP contribution in [0.2, 0.25) is 0 Å². The Labute approximate surface area is 717 Å². The van der Waals surface area contributed by atoms with Gasteiger partial charge in [-0.3, -0.25) is 4.79 Å². The van der Waals surface area contributed by atoms with Gasteiger partial charge in [-0.1, -0.05) is 350 Å². The van der Waals surface area contributed by atoms with Crippen molar-refractivity contribution in [3.05, 3.63) is 323 Å². The third-order valence-electron chi connectivity index (χ3n) is 25.5. The van der Waals surface area contributed by atoms with E-state index in [1.54, 1.807) is 10.9 Å². The largest absolute Gasteiger partial charge is 0.336 e. The highest BCUT2D eigenvalue weighted by Gasteiger charge is 2.44. The van der Waals surface area contributed by atoms with Crippen LogP contribution in [0.5, 0.6) is 0 Å². The van der Waals surface area contributed by atoms with Gasteiger partial charge in [-0.25, -0.2) is 0 Å². The Balaban J connectivity index is 0.000000129. The molecule has 3 aliphatic rings. The van der Waals surface area contributed by atoms with E-state index >= 15 is 0 Å². The van der Waals surface area contributed by atoms with E-state index in [2.05, 4.69) is 401 Å². The molecule has 0 saturated carbocycles. The first-order valence-corrected chi connectivity index (χ1v) is 47.8. The van der Waals surface area contributed by atoms with Crippen molar-refractivity contribution in [2.24, 2.45) is 5.41 Å². The van der Waals surface area contributed by atoms with Crippen LogP contribution in [0.4, 0.5) is 17.1 Å². The summed E-state index contributed by atoms with van der Waals surface area (Å²) in [5.74, 6) is 0.200. The molecule has 3 heterocycles. The van der Waals surface area contributed by atoms with Crippen LogP contribution in [0.25, 0.3) is 131 Å². The van der Waals surface area contributed by atoms with Crippen LogP contribution in [-0.4, -0.2) is 40.1 Å². The first-order valence-electron chi connectivity index (χ1n) is 43.2. The topological polar surface area (TPSA) is 23.6 Å². The van der Waals surface area contributed by atoms with Gasteiger partial charge in [0.1, 0.15) is 0 Å². The fraction of sp³-hybridized carbons (Fsp3) is 0.254. The zero-order chi connectivity index (χ0) is 84.5. The number of nitrogens with zero attached hydrogens (tertiary/aromatic N) is 2. The summed E-state index contributed by atoms with van der Waals surface area (Å²) in [6.45, 7) is 47.9. The summed E-state index contributed by atoms with van der Waals surface area (Å²) in [4.78, 5) is 18.5. The summed E-state index contributed by atoms with van der Waals surface area (Å²) in [7, 11) is -1.32. The second kappa shape index (κ2) is 31.6. The van der Waals surface area contributed by atoms with Gasteiger partial charge in [0.15, 0.2) is 0 Å². The van der Waals surface area contributed by atoms with Gasteiger partial charge in [-0.15, -0.1) is 0 Å². The van der Waals surface area contributed by atoms with Gasteiger partial charge in [0.05, 0.1) is 12.0 Å². The maximum atomic E-state index is 13.8. The molecular weight excluding hydrogens is 1510 g/mol. The number of hydrogen-bond donors (Lipinski definition) is 0. The van der Waals surface area contributed by atoms with Gasteiger partial charge in [-0.05, 0) is 306 Å². The number of hydrogen-bond acceptors (Lipinski definition) is 2. The minimum atomic E-state index is -0.636. The van der Waals surface area contributed by atoms with Crippen molar-refractivity contribution < 1.29 is 4.79 Å². The summed E-state index contributed by atoms with van der Waals surface area (Å²) in [5, 5.41) is 20.9. The van der Waals surface area contributed by atoms with Crippen LogP contribution in [0.3, 0.4) is 0 Å². The lowest BCUT2D eigenvalue weighted by Crippen LogP contribution is -2.38. The molecule has 0 spiro atoms. The first kappa shape index (κ1) is 82.0. The fourth-order valence-corrected chi connectivity index (χ4v) is 29.2. The average Bonchev–Trinajstić information content (AvgIpc) is 1.07. The Bertz CT molecular complexity index is 6570. The van der Waals surface area contributed by atoms with Gasteiger partial charge >= 0.3 is 0 Å². The van der Waals surface area contributed by atoms with Crippen molar-refractivity contribution in [2.45, 2.75) is 167 Å². The molecular formula is C114H115N2OP3. The van der Waals surface area contributed by atoms with Gasteiger partial charge in [-0.2, -0.15) is 0 Å². The second-order valence-electron chi connectivity index (χ2n) is 38.3. The SMILES string of the molecule is Cc1cc(C)c(-c2c3ccccc3c(-c3cccc4c3P(C(C)(C)C)CC4)c3ccccc23)c(C)c1.Cc1cc(C)c(-c2c3ccccc3c(-c3cccc4c3P(C(C)(C)C)CN4C(=O)C(C)(C)C)c3ccccc23)c(C)c1.Cc1cc(C)c(-c2c3ccccc3c(-c3cccc4c3P(C(C)(C)C)CN4c3ccccc3)c3ccccc23)c(C)c1. The molecule has 1 amide bonds. The van der Waals surface area contributed by atoms with E-state index in [1.807, 2.05) is 20.8 Å². The lowest BCUT2D eigenvalue weighted by molar-refractivity contribution is -0.125. The maximum absolute atomic E-state index is 13.8. The van der Waals surface area contributed by atoms with Crippen LogP contribution < -0.4 is 25.7 Å². The van der Waals surface area contributed by atoms with Crippen LogP contribution in [0.1, 0.15) is 139 Å². The zero-order valence-electron chi connectivity index (χ0n) is 74.4. The van der Waals surface area contributed by atoms with Crippen LogP contribution in [-0.2, 0) is 11.2 Å². The van der Waals surface area contributed by atoms with E-state index < -0.39 is 21.3 Å². The summed E-state index contributed by atoms with van der Waals surface area (Å²) in [5.41, 5.74) is 33.1. The normalized spacial score (nSPS) is 15.3. The standard InChI is InChI=1S/C40H38NP.C39H42NOP.C35H35P/c1-26-23-27(2)36(28(3)24-26)38-32-19-12-10-17-30(32)37(31-18-11-13-20-33(31)38)34-21-14-22-35-39(34)42(40(4,5)6)25-41(35)29-15-8-7-9-16-29;1-24-21-25(2)33(26(3)22-24)35-29-17-12-10-15-27(29)34(28-16-11-13-18-30(28)35)31-19-14-20-32-36(31)42(39(7,8)9)23-40(32)37(41)38(4,5)6;1-22-20-23(2)31(24(3)21-22)33-28-15-9-7-13-26(28)32(27-14-8-10-16-29(27)33)30-17-11-12-25-18-19-36(34(25)30)35(4,5)6/h7-24H,25H2,1-6H3;10-22H,23H2,1-9H3;7-17,20-21H,18-19H2,1-6H3. The van der Waals surface area contributed by atoms with Gasteiger partial charge in [0.2, 0.25) is 5.91 Å². The number of carbonyl (C=O) groups excluding carboxylic acids is 1. The van der Waals surface area contributed by atoms with Gasteiger partial charge in [0.25, 0.3) is 0 Å². The highest BCUT2D eigenvalue weighted by atomic mass is 31.1. The van der Waals surface area contributed by atoms with E-state index in [4.69, 9.17) is 0 Å². The van der Waals surface area contributed by atoms with Gasteiger partial charge in [0, 0.05) is 33.7 Å². The minimum absolute atomic E-state index is 0.0504. The van der Waals surface area contributed by atoms with Crippen molar-refractivity contribution in [2.75, 3.05) is 28.5 Å². The molecule has 602 valence electrons. The number of aryl methyl sites for hydroxylation is 10. The number of carbonyl (C=O) groups is 1. The lowest BCUT2D eigenvalue weighted by atomic mass is 9.83. The molecule has 6 heteroatoms. The summed E-state index contributed by atoms with van der Waals surface area (Å²) in [6.07, 6.45) is 4.34. The molecule has 0 fully saturated rings. The molecule has 0 aliphatic carbocycles. The van der Waals surface area contributed by atoms with Gasteiger partial charge < -0.3 is 9.80 Å². The second-order valence-corrected chi connectivity index (χ2v) is 47.3. The van der Waals surface area contributed by atoms with Crippen LogP contribution in [0.15, 0.2) is 267 Å². The minimum Gasteiger partial charge on any atom is -0.336 e. The first-order chi connectivity index (χ1) is 57.3. The summed E-state index contributed by atoms with van der Waals surface area (Å²) >= 11 is 0. The van der Waals surface area contributed by atoms with E-state index in [9.17, 15) is 4.79 Å². The lowest BCUT2D eigenvalue weighted by Gasteiger charge is -2.31. The molecule has 3 unspecified atom stereocenters. The predicted octanol–water partition coefficient (Wildman–Crippen LogP) is 31.5. The summed E-state index contributed by atoms with van der Waals surface area (Å²) < 4.78 is 0. The molecule has 3 aliphatic heterocycles. The zero-order valence-corrected chi connectivity index (χ0v) is 77.1. The van der Waals surface area contributed by atoms with E-state index in [0.717, 1.165) is 18.3 Å². The Morgan fingerprint density at radius 3 is 0.867 bits per heavy atom. The number of anilines is 3. The molecule has 0 aromatic heterocycles. The molecule has 0 saturated heterocycles. The number of para-hydroxylation sites is 1. The highest BCUT2D eigenvalue weighted by Crippen LogP contribution is 2.63. The number of amides is 1. The Morgan fingerprint density at radius 1 is 0.275 bits per heavy atom. The predicted molar refractivity (Wildman–Crippen MR) is 532 cm³/mol. The Morgan fingerprint density at radius 2 is 0.550 bits per heavy atom. The number of benzene rings is 16. The molecule has 3 nitrogen and oxygen atoms in total. The molecule has 3 atom stereocenters. The quantitative estimate of drug-likeness (QED) is 0.117. The molecule has 16 aromatic rings. The third-order valence-corrected chi connectivity index (χ3v) is 35.2. The van der Waals surface area contributed by atoms with Crippen molar-refractivity contribution >= 4 is 127 Å². The average molecular weight is 1620 g/mol. The molecule has 0 bridgehead atoms. The molecule has 0 N–H and O–H groups in total. The highest BCUT2D eigenvalue weighted by molar-refractivity contribution is 7.69. The van der Waals surface area contributed by atoms with E-state index in [-0.39, 0.29) is 24.1 Å². The van der Waals surface area contributed by atoms with E-state index in [0.29, 0.717) is 5.16 Å². The Hall–Kier alpha value is -10.4. The van der Waals surface area contributed by atoms with Crippen LogP contribution >= 0.6 is 23.8 Å². The van der Waals surface area contributed by atoms with Crippen molar-refractivity contribution in [3.63, 3.8) is 0 Å². The van der Waals surface area contributed by atoms with Crippen LogP contribution in [0, 0.1) is 67.7 Å². The number of rotatable bonds is 7. The van der Waals surface area contributed by atoms with Crippen molar-refractivity contribution in [1.82, 2.24) is 0 Å². The molecule has 0 radical (unpaired) electrons. The molecule has 19 rings (SSSR count). The van der Waals surface area contributed by atoms with E-state index in [1.165, 1.54) is 216 Å². The monoisotopic (exact) mass is 1620 g/mol. The molecule has 120 heavy (non-hydrogen) atoms. The third kappa shape index (κ3) is 14.5. The maximum Gasteiger partial charge on any atom is 0.232 e. The smallest absolute Gasteiger partial charge is 0.232 e. The van der Waals surface area contributed by atoms with Crippen molar-refractivity contribution in [1.29, 1.82) is 0 Å². The van der Waals surface area contributed by atoms with Crippen molar-refractivity contribution in [3.8, 4) is 66.8 Å². The number of fused-ring (bicyclic) bond motifs is 9. The molecule has 16 aromatic carbocycles. The summed E-state index contributed by atoms with van der Waals surface area (Å²) in [6, 6.07) is 99.9. The Kier molecular flexibility index (Phi) is 21.6. The fourth-order valence-electron chi connectivity index (χ4n) is 20.7.